The fourth-order valence-electron chi connectivity index (χ4n) is 3.85. The molecule has 39 heavy (non-hydrogen) atoms. The zero-order valence-electron chi connectivity index (χ0n) is 21.6. The predicted octanol–water partition coefficient (Wildman–Crippen LogP) is 5.21. The average molecular weight is 550 g/mol. The van der Waals surface area contributed by atoms with E-state index in [1.807, 2.05) is 24.3 Å². The highest BCUT2D eigenvalue weighted by Gasteiger charge is 2.35. The second kappa shape index (κ2) is 13.1. The van der Waals surface area contributed by atoms with Gasteiger partial charge >= 0.3 is 5.97 Å². The molecule has 0 radical (unpaired) electrons. The van der Waals surface area contributed by atoms with E-state index in [-0.39, 0.29) is 24.8 Å². The number of rotatable bonds is 9. The second-order valence-electron chi connectivity index (χ2n) is 8.61. The van der Waals surface area contributed by atoms with Crippen molar-refractivity contribution in [2.75, 3.05) is 25.6 Å². The topological polar surface area (TPSA) is 97.3 Å². The first kappa shape index (κ1) is 27.8. The number of methoxy groups -OCH3 is 1. The highest BCUT2D eigenvalue weighted by molar-refractivity contribution is 8.15. The van der Waals surface area contributed by atoms with E-state index in [1.165, 1.54) is 36.0 Å². The van der Waals surface area contributed by atoms with Crippen LogP contribution < -0.4 is 10.1 Å². The normalized spacial score (nSPS) is 16.2. The number of amides is 2. The van der Waals surface area contributed by atoms with Crippen LogP contribution in [0.2, 0.25) is 0 Å². The Morgan fingerprint density at radius 2 is 1.74 bits per heavy atom. The number of hydrogen-bond acceptors (Lipinski definition) is 7. The molecule has 1 saturated heterocycles. The molecule has 0 aliphatic carbocycles. The van der Waals surface area contributed by atoms with Gasteiger partial charge in [-0.25, -0.2) is 14.2 Å². The van der Waals surface area contributed by atoms with E-state index < -0.39 is 17.0 Å². The maximum atomic E-state index is 13.3. The fraction of sp³-hybridized carbons (Fsp3) is 0.241. The van der Waals surface area contributed by atoms with Gasteiger partial charge in [-0.15, -0.1) is 0 Å². The van der Waals surface area contributed by atoms with Crippen LogP contribution in [0.3, 0.4) is 0 Å². The largest absolute Gasteiger partial charge is 0.497 e. The molecule has 10 heteroatoms. The van der Waals surface area contributed by atoms with Crippen LogP contribution in [0.15, 0.2) is 77.8 Å². The van der Waals surface area contributed by atoms with Crippen molar-refractivity contribution in [2.45, 2.75) is 25.0 Å². The number of carbonyl (C=O) groups is 3. The average Bonchev–Trinajstić information content (AvgIpc) is 2.94. The minimum atomic E-state index is -0.725. The smallest absolute Gasteiger partial charge is 0.338 e. The molecule has 3 aromatic rings. The number of nitrogens with one attached hydrogen (secondary N) is 1. The van der Waals surface area contributed by atoms with Crippen LogP contribution in [0, 0.1) is 5.82 Å². The Kier molecular flexibility index (Phi) is 9.32. The van der Waals surface area contributed by atoms with Gasteiger partial charge in [-0.05, 0) is 79.6 Å². The Morgan fingerprint density at radius 1 is 1.05 bits per heavy atom. The number of halogens is 1. The lowest BCUT2D eigenvalue weighted by Gasteiger charge is -2.32. The Hall–Kier alpha value is -4.18. The number of esters is 1. The standard InChI is InChI=1S/C29H28FN3O5S/c1-3-38-28(36)20-6-10-23(11-7-20)32-29-33(17-16-19-4-14-24(37-2)15-5-19)26(34)18-25(39-29)27(35)31-22-12-8-21(30)9-13-22/h4-15,25H,3,16-18H2,1-2H3,(H,31,35). The summed E-state index contributed by atoms with van der Waals surface area (Å²) in [5.74, 6) is -0.709. The molecular weight excluding hydrogens is 521 g/mol. The molecule has 1 aliphatic heterocycles. The first-order chi connectivity index (χ1) is 18.9. The number of ether oxygens (including phenoxy) is 2. The SMILES string of the molecule is CCOC(=O)c1ccc(N=C2SC(C(=O)Nc3ccc(F)cc3)CC(=O)N2CCc2ccc(OC)cc2)cc1. The zero-order valence-corrected chi connectivity index (χ0v) is 22.4. The van der Waals surface area contributed by atoms with Gasteiger partial charge in [-0.2, -0.15) is 0 Å². The molecular formula is C29H28FN3O5S. The maximum absolute atomic E-state index is 13.3. The van der Waals surface area contributed by atoms with Crippen molar-refractivity contribution in [3.63, 3.8) is 0 Å². The van der Waals surface area contributed by atoms with E-state index in [1.54, 1.807) is 43.2 Å². The van der Waals surface area contributed by atoms with Crippen LogP contribution in [-0.2, 0) is 20.7 Å². The van der Waals surface area contributed by atoms with E-state index in [4.69, 9.17) is 9.47 Å². The molecule has 2 amide bonds. The number of anilines is 1. The van der Waals surface area contributed by atoms with Crippen LogP contribution in [0.4, 0.5) is 15.8 Å². The lowest BCUT2D eigenvalue weighted by molar-refractivity contribution is -0.129. The molecule has 1 heterocycles. The second-order valence-corrected chi connectivity index (χ2v) is 9.78. The van der Waals surface area contributed by atoms with Crippen LogP contribution >= 0.6 is 11.8 Å². The highest BCUT2D eigenvalue weighted by Crippen LogP contribution is 2.30. The van der Waals surface area contributed by atoms with Crippen LogP contribution in [-0.4, -0.2) is 53.4 Å². The third-order valence-electron chi connectivity index (χ3n) is 5.93. The lowest BCUT2D eigenvalue weighted by Crippen LogP contribution is -2.46. The van der Waals surface area contributed by atoms with E-state index in [9.17, 15) is 18.8 Å². The molecule has 1 N–H and O–H groups in total. The van der Waals surface area contributed by atoms with Gasteiger partial charge in [-0.3, -0.25) is 14.5 Å². The number of hydrogen-bond donors (Lipinski definition) is 1. The van der Waals surface area contributed by atoms with E-state index >= 15 is 0 Å². The van der Waals surface area contributed by atoms with Crippen LogP contribution in [0.1, 0.15) is 29.3 Å². The molecule has 1 unspecified atom stereocenters. The summed E-state index contributed by atoms with van der Waals surface area (Å²) in [5, 5.41) is 2.40. The van der Waals surface area contributed by atoms with Crippen molar-refractivity contribution in [3.05, 3.63) is 89.7 Å². The zero-order chi connectivity index (χ0) is 27.8. The summed E-state index contributed by atoms with van der Waals surface area (Å²) >= 11 is 1.19. The number of aliphatic imine (C=N–C) groups is 1. The Bertz CT molecular complexity index is 1340. The molecule has 1 atom stereocenters. The monoisotopic (exact) mass is 549 g/mol. The van der Waals surface area contributed by atoms with Crippen molar-refractivity contribution in [1.29, 1.82) is 0 Å². The first-order valence-corrected chi connectivity index (χ1v) is 13.3. The fourth-order valence-corrected chi connectivity index (χ4v) is 4.97. The van der Waals surface area contributed by atoms with Crippen LogP contribution in [0.5, 0.6) is 5.75 Å². The van der Waals surface area contributed by atoms with Crippen molar-refractivity contribution >= 4 is 46.1 Å². The Labute approximate surface area is 230 Å². The maximum Gasteiger partial charge on any atom is 0.338 e. The number of benzene rings is 3. The summed E-state index contributed by atoms with van der Waals surface area (Å²) in [6.45, 7) is 2.37. The lowest BCUT2D eigenvalue weighted by atomic mass is 10.1. The highest BCUT2D eigenvalue weighted by atomic mass is 32.2. The molecule has 202 valence electrons. The molecule has 0 aromatic heterocycles. The Balaban J connectivity index is 1.55. The predicted molar refractivity (Wildman–Crippen MR) is 149 cm³/mol. The molecule has 4 rings (SSSR count). The molecule has 1 aliphatic rings. The molecule has 0 bridgehead atoms. The summed E-state index contributed by atoms with van der Waals surface area (Å²) < 4.78 is 23.5. The van der Waals surface area contributed by atoms with Gasteiger partial charge in [0.15, 0.2) is 5.17 Å². The number of amidine groups is 1. The van der Waals surface area contributed by atoms with Crippen molar-refractivity contribution in [2.24, 2.45) is 4.99 Å². The van der Waals surface area contributed by atoms with E-state index in [0.717, 1.165) is 11.3 Å². The summed E-state index contributed by atoms with van der Waals surface area (Å²) in [6.07, 6.45) is 0.560. The first-order valence-electron chi connectivity index (χ1n) is 12.4. The summed E-state index contributed by atoms with van der Waals surface area (Å²) in [7, 11) is 1.60. The molecule has 8 nitrogen and oxygen atoms in total. The quantitative estimate of drug-likeness (QED) is 0.368. The van der Waals surface area contributed by atoms with Crippen molar-refractivity contribution < 1.29 is 28.2 Å². The number of carbonyl (C=O) groups excluding carboxylic acids is 3. The Morgan fingerprint density at radius 3 is 2.38 bits per heavy atom. The molecule has 3 aromatic carbocycles. The van der Waals surface area contributed by atoms with Gasteiger partial charge in [0.25, 0.3) is 0 Å². The summed E-state index contributed by atoms with van der Waals surface area (Å²) in [6, 6.07) is 19.5. The van der Waals surface area contributed by atoms with Gasteiger partial charge in [0, 0.05) is 18.7 Å². The van der Waals surface area contributed by atoms with Crippen molar-refractivity contribution in [1.82, 2.24) is 4.90 Å². The molecule has 1 fully saturated rings. The number of nitrogens with zero attached hydrogens (tertiary/aromatic N) is 2. The molecule has 0 spiro atoms. The summed E-state index contributed by atoms with van der Waals surface area (Å²) in [4.78, 5) is 44.5. The van der Waals surface area contributed by atoms with Crippen LogP contribution in [0.25, 0.3) is 0 Å². The van der Waals surface area contributed by atoms with Gasteiger partial charge < -0.3 is 14.8 Å². The van der Waals surface area contributed by atoms with Gasteiger partial charge in [-0.1, -0.05) is 23.9 Å². The third-order valence-corrected chi connectivity index (χ3v) is 7.12. The van der Waals surface area contributed by atoms with Gasteiger partial charge in [0.2, 0.25) is 11.8 Å². The van der Waals surface area contributed by atoms with E-state index in [2.05, 4.69) is 10.3 Å². The summed E-state index contributed by atoms with van der Waals surface area (Å²) in [5.41, 5.74) is 2.36. The third kappa shape index (κ3) is 7.44. The molecule has 0 saturated carbocycles. The van der Waals surface area contributed by atoms with E-state index in [0.29, 0.717) is 35.1 Å². The van der Waals surface area contributed by atoms with Crippen molar-refractivity contribution in [3.8, 4) is 5.75 Å². The van der Waals surface area contributed by atoms with Gasteiger partial charge in [0.05, 0.1) is 25.0 Å². The minimum Gasteiger partial charge on any atom is -0.497 e. The van der Waals surface area contributed by atoms with Gasteiger partial charge in [0.1, 0.15) is 16.8 Å². The number of thioether (sulfide) groups is 1. The minimum absolute atomic E-state index is 0.0128.